The van der Waals surface area contributed by atoms with Crippen molar-refractivity contribution in [3.8, 4) is 5.75 Å². The molecule has 2 aromatic rings. The zero-order chi connectivity index (χ0) is 15.4. The molecule has 0 unspecified atom stereocenters. The van der Waals surface area contributed by atoms with Gasteiger partial charge in [0.15, 0.2) is 18.2 Å². The largest absolute Gasteiger partial charge is 0.479 e. The fourth-order valence-electron chi connectivity index (χ4n) is 1.77. The fraction of sp³-hybridized carbons (Fsp3) is 0.133. The minimum atomic E-state index is -0.612. The Balaban J connectivity index is 1.99. The molecule has 0 aliphatic carbocycles. The second-order valence-electron chi connectivity index (χ2n) is 4.46. The Morgan fingerprint density at radius 2 is 2.14 bits per heavy atom. The molecule has 2 rings (SSSR count). The molecule has 0 fully saturated rings. The molecule has 0 heterocycles. The first-order valence-corrected chi connectivity index (χ1v) is 6.58. The average Bonchev–Trinajstić information content (AvgIpc) is 2.41. The van der Waals surface area contributed by atoms with Crippen molar-refractivity contribution in [3.63, 3.8) is 0 Å². The fourth-order valence-corrected chi connectivity index (χ4v) is 1.99. The summed E-state index contributed by atoms with van der Waals surface area (Å²) in [5.74, 6) is -1.16. The molecule has 0 radical (unpaired) electrons. The van der Waals surface area contributed by atoms with Gasteiger partial charge in [0.1, 0.15) is 0 Å². The van der Waals surface area contributed by atoms with Crippen LogP contribution in [-0.2, 0) is 4.79 Å². The van der Waals surface area contributed by atoms with Crippen LogP contribution in [0.3, 0.4) is 0 Å². The molecule has 4 nitrogen and oxygen atoms in total. The van der Waals surface area contributed by atoms with E-state index in [0.717, 1.165) is 5.56 Å². The summed E-state index contributed by atoms with van der Waals surface area (Å²) < 4.78 is 18.6. The Hall–Kier alpha value is -2.27. The Labute approximate surface area is 126 Å². The first kappa shape index (κ1) is 15.1. The summed E-state index contributed by atoms with van der Waals surface area (Å²) in [6, 6.07) is 9.27. The van der Waals surface area contributed by atoms with Crippen LogP contribution in [0.5, 0.6) is 5.75 Å². The molecule has 0 bridgehead atoms. The number of rotatable bonds is 4. The smallest absolute Gasteiger partial charge is 0.262 e. The van der Waals surface area contributed by atoms with Crippen LogP contribution in [0.15, 0.2) is 36.4 Å². The zero-order valence-corrected chi connectivity index (χ0v) is 12.1. The number of ether oxygens (including phenoxy) is 1. The molecule has 0 atom stereocenters. The molecular formula is C15H14ClFN2O2. The number of amides is 1. The summed E-state index contributed by atoms with van der Waals surface area (Å²) in [4.78, 5) is 11.8. The molecule has 1 amide bonds. The summed E-state index contributed by atoms with van der Waals surface area (Å²) in [7, 11) is 0. The summed E-state index contributed by atoms with van der Waals surface area (Å²) in [5.41, 5.74) is 7.69. The van der Waals surface area contributed by atoms with Gasteiger partial charge in [-0.25, -0.2) is 4.39 Å². The number of aryl methyl sites for hydroxylation is 1. The van der Waals surface area contributed by atoms with Gasteiger partial charge in [-0.15, -0.1) is 0 Å². The van der Waals surface area contributed by atoms with E-state index in [9.17, 15) is 9.18 Å². The number of nitrogen functional groups attached to an aromatic ring is 1. The summed E-state index contributed by atoms with van der Waals surface area (Å²) in [5, 5.41) is 2.78. The van der Waals surface area contributed by atoms with Crippen LogP contribution in [-0.4, -0.2) is 12.5 Å². The summed E-state index contributed by atoms with van der Waals surface area (Å²) in [6.45, 7) is 1.48. The highest BCUT2D eigenvalue weighted by Gasteiger charge is 2.11. The van der Waals surface area contributed by atoms with Crippen molar-refractivity contribution in [3.05, 3.63) is 52.8 Å². The molecule has 0 aliphatic heterocycles. The molecular weight excluding hydrogens is 295 g/mol. The third kappa shape index (κ3) is 3.86. The van der Waals surface area contributed by atoms with Crippen LogP contribution in [0, 0.1) is 12.7 Å². The molecule has 2 aromatic carbocycles. The van der Waals surface area contributed by atoms with E-state index in [2.05, 4.69) is 5.32 Å². The van der Waals surface area contributed by atoms with Gasteiger partial charge in [-0.3, -0.25) is 4.79 Å². The van der Waals surface area contributed by atoms with Crippen molar-refractivity contribution in [2.24, 2.45) is 0 Å². The van der Waals surface area contributed by atoms with E-state index in [4.69, 9.17) is 22.1 Å². The second-order valence-corrected chi connectivity index (χ2v) is 4.87. The number of para-hydroxylation sites is 1. The van der Waals surface area contributed by atoms with Gasteiger partial charge in [0.05, 0.1) is 5.02 Å². The summed E-state index contributed by atoms with van der Waals surface area (Å²) in [6.07, 6.45) is 0. The molecule has 21 heavy (non-hydrogen) atoms. The number of hydrogen-bond donors (Lipinski definition) is 2. The van der Waals surface area contributed by atoms with Crippen LogP contribution in [0.25, 0.3) is 0 Å². The quantitative estimate of drug-likeness (QED) is 0.851. The van der Waals surface area contributed by atoms with Crippen molar-refractivity contribution in [1.82, 2.24) is 0 Å². The predicted molar refractivity (Wildman–Crippen MR) is 81.1 cm³/mol. The van der Waals surface area contributed by atoms with Crippen molar-refractivity contribution >= 4 is 28.9 Å². The average molecular weight is 309 g/mol. The molecule has 0 spiro atoms. The van der Waals surface area contributed by atoms with Crippen LogP contribution < -0.4 is 15.8 Å². The minimum absolute atomic E-state index is 0.117. The lowest BCUT2D eigenvalue weighted by Crippen LogP contribution is -2.21. The molecule has 0 aromatic heterocycles. The van der Waals surface area contributed by atoms with E-state index in [-0.39, 0.29) is 17.4 Å². The maximum absolute atomic E-state index is 13.5. The topological polar surface area (TPSA) is 64.3 Å². The zero-order valence-electron chi connectivity index (χ0n) is 11.3. The third-order valence-corrected chi connectivity index (χ3v) is 3.09. The highest BCUT2D eigenvalue weighted by molar-refractivity contribution is 6.32. The van der Waals surface area contributed by atoms with Crippen LogP contribution in [0.1, 0.15) is 5.56 Å². The number of carbonyl (C=O) groups is 1. The maximum atomic E-state index is 13.5. The van der Waals surface area contributed by atoms with E-state index < -0.39 is 11.7 Å². The van der Waals surface area contributed by atoms with E-state index in [1.807, 2.05) is 6.92 Å². The molecule has 6 heteroatoms. The minimum Gasteiger partial charge on any atom is -0.479 e. The van der Waals surface area contributed by atoms with Gasteiger partial charge in [-0.05, 0) is 42.8 Å². The number of nitrogens with one attached hydrogen (secondary N) is 1. The van der Waals surface area contributed by atoms with Crippen molar-refractivity contribution in [2.75, 3.05) is 17.7 Å². The number of benzene rings is 2. The van der Waals surface area contributed by atoms with Gasteiger partial charge < -0.3 is 15.8 Å². The Kier molecular flexibility index (Phi) is 4.65. The van der Waals surface area contributed by atoms with E-state index in [1.54, 1.807) is 18.2 Å². The molecule has 0 saturated carbocycles. The van der Waals surface area contributed by atoms with Crippen LogP contribution in [0.2, 0.25) is 5.02 Å². The summed E-state index contributed by atoms with van der Waals surface area (Å²) >= 11 is 5.81. The predicted octanol–water partition coefficient (Wildman–Crippen LogP) is 3.39. The molecule has 0 saturated heterocycles. The maximum Gasteiger partial charge on any atom is 0.262 e. The second kappa shape index (κ2) is 6.45. The van der Waals surface area contributed by atoms with Gasteiger partial charge in [0.2, 0.25) is 0 Å². The van der Waals surface area contributed by atoms with Crippen molar-refractivity contribution in [1.29, 1.82) is 0 Å². The van der Waals surface area contributed by atoms with Crippen molar-refractivity contribution < 1.29 is 13.9 Å². The Bertz CT molecular complexity index is 656. The SMILES string of the molecule is Cc1cc(N)ccc1NC(=O)COc1c(F)cccc1Cl. The lowest BCUT2D eigenvalue weighted by atomic mass is 10.2. The highest BCUT2D eigenvalue weighted by atomic mass is 35.5. The van der Waals surface area contributed by atoms with E-state index >= 15 is 0 Å². The number of hydrogen-bond acceptors (Lipinski definition) is 3. The van der Waals surface area contributed by atoms with Crippen LogP contribution >= 0.6 is 11.6 Å². The Morgan fingerprint density at radius 3 is 2.81 bits per heavy atom. The van der Waals surface area contributed by atoms with Crippen LogP contribution in [0.4, 0.5) is 15.8 Å². The van der Waals surface area contributed by atoms with E-state index in [1.165, 1.54) is 18.2 Å². The van der Waals surface area contributed by atoms with Gasteiger partial charge >= 0.3 is 0 Å². The third-order valence-electron chi connectivity index (χ3n) is 2.79. The molecule has 3 N–H and O–H groups in total. The van der Waals surface area contributed by atoms with E-state index in [0.29, 0.717) is 11.4 Å². The number of carbonyl (C=O) groups excluding carboxylic acids is 1. The van der Waals surface area contributed by atoms with Gasteiger partial charge in [-0.2, -0.15) is 0 Å². The molecule has 110 valence electrons. The number of anilines is 2. The molecule has 0 aliphatic rings. The lowest BCUT2D eigenvalue weighted by Gasteiger charge is -2.11. The normalized spacial score (nSPS) is 10.2. The first-order valence-electron chi connectivity index (χ1n) is 6.20. The van der Waals surface area contributed by atoms with Crippen molar-refractivity contribution in [2.45, 2.75) is 6.92 Å². The monoisotopic (exact) mass is 308 g/mol. The standard InChI is InChI=1S/C15H14ClFN2O2/c1-9-7-10(18)5-6-13(9)19-14(20)8-21-15-11(16)3-2-4-12(15)17/h2-7H,8,18H2,1H3,(H,19,20). The lowest BCUT2D eigenvalue weighted by molar-refractivity contribution is -0.118. The Morgan fingerprint density at radius 1 is 1.38 bits per heavy atom. The van der Waals surface area contributed by atoms with Gasteiger partial charge in [0.25, 0.3) is 5.91 Å². The van der Waals surface area contributed by atoms with Gasteiger partial charge in [-0.1, -0.05) is 17.7 Å². The highest BCUT2D eigenvalue weighted by Crippen LogP contribution is 2.27. The van der Waals surface area contributed by atoms with Gasteiger partial charge in [0, 0.05) is 11.4 Å². The number of nitrogens with two attached hydrogens (primary N) is 1. The first-order chi connectivity index (χ1) is 9.97. The number of halogens is 2.